The molecule has 0 aliphatic carbocycles. The first-order valence-corrected chi connectivity index (χ1v) is 9.74. The quantitative estimate of drug-likeness (QED) is 0.912. The minimum atomic E-state index is -0.0763. The Labute approximate surface area is 152 Å². The summed E-state index contributed by atoms with van der Waals surface area (Å²) in [6.07, 6.45) is 0. The Hall–Kier alpha value is -1.99. The summed E-state index contributed by atoms with van der Waals surface area (Å²) in [6.45, 7) is 4.21. The highest BCUT2D eigenvalue weighted by Gasteiger charge is 2.23. The average Bonchev–Trinajstić information content (AvgIpc) is 3.18. The number of thioether (sulfide) groups is 1. The first-order chi connectivity index (χ1) is 12.1. The van der Waals surface area contributed by atoms with Crippen molar-refractivity contribution in [2.24, 2.45) is 7.05 Å². The molecule has 1 saturated heterocycles. The Morgan fingerprint density at radius 3 is 2.52 bits per heavy atom. The molecule has 1 N–H and O–H groups in total. The first kappa shape index (κ1) is 16.5. The minimum Gasteiger partial charge on any atom is -0.369 e. The van der Waals surface area contributed by atoms with Gasteiger partial charge in [0.1, 0.15) is 5.82 Å². The Morgan fingerprint density at radius 2 is 1.80 bits per heavy atom. The number of nitrogens with one attached hydrogen (secondary N) is 1. The Morgan fingerprint density at radius 1 is 1.08 bits per heavy atom. The molecule has 2 aliphatic rings. The van der Waals surface area contributed by atoms with Crippen LogP contribution in [0.3, 0.4) is 0 Å². The van der Waals surface area contributed by atoms with Crippen molar-refractivity contribution in [3.05, 3.63) is 41.1 Å². The van der Waals surface area contributed by atoms with Crippen LogP contribution >= 0.6 is 11.8 Å². The number of hydrogen-bond donors (Lipinski definition) is 1. The lowest BCUT2D eigenvalue weighted by atomic mass is 10.1. The number of carbonyl (C=O) groups is 1. The van der Waals surface area contributed by atoms with Crippen LogP contribution in [0.15, 0.2) is 24.3 Å². The average molecular weight is 357 g/mol. The van der Waals surface area contributed by atoms with Gasteiger partial charge in [-0.05, 0) is 31.3 Å². The lowest BCUT2D eigenvalue weighted by Crippen LogP contribution is -2.44. The van der Waals surface area contributed by atoms with E-state index in [0.29, 0.717) is 5.56 Å². The van der Waals surface area contributed by atoms with Gasteiger partial charge in [-0.1, -0.05) is 0 Å². The molecular weight excluding hydrogens is 334 g/mol. The van der Waals surface area contributed by atoms with Crippen LogP contribution in [0.5, 0.6) is 0 Å². The van der Waals surface area contributed by atoms with E-state index < -0.39 is 0 Å². The third kappa shape index (κ3) is 3.26. The molecular formula is C18H23N5OS. The molecule has 25 heavy (non-hydrogen) atoms. The maximum Gasteiger partial charge on any atom is 0.256 e. The predicted octanol–water partition coefficient (Wildman–Crippen LogP) is 2.17. The monoisotopic (exact) mass is 357 g/mol. The molecule has 0 bridgehead atoms. The molecule has 7 heteroatoms. The number of nitrogens with zero attached hydrogens (tertiary/aromatic N) is 4. The van der Waals surface area contributed by atoms with Gasteiger partial charge in [0, 0.05) is 61.5 Å². The van der Waals surface area contributed by atoms with Crippen LogP contribution in [0.25, 0.3) is 0 Å². The molecule has 0 unspecified atom stereocenters. The summed E-state index contributed by atoms with van der Waals surface area (Å²) >= 11 is 1.84. The maximum absolute atomic E-state index is 12.6. The van der Waals surface area contributed by atoms with Gasteiger partial charge in [0.05, 0.1) is 5.69 Å². The summed E-state index contributed by atoms with van der Waals surface area (Å²) < 4.78 is 1.78. The molecule has 4 rings (SSSR count). The molecule has 2 aliphatic heterocycles. The van der Waals surface area contributed by atoms with Crippen molar-refractivity contribution in [1.29, 1.82) is 0 Å². The molecule has 0 spiro atoms. The number of aryl methyl sites for hydroxylation is 1. The fourth-order valence-electron chi connectivity index (χ4n) is 3.37. The van der Waals surface area contributed by atoms with Gasteiger partial charge in [0.2, 0.25) is 0 Å². The summed E-state index contributed by atoms with van der Waals surface area (Å²) in [7, 11) is 4.04. The van der Waals surface area contributed by atoms with Gasteiger partial charge in [-0.15, -0.1) is 0 Å². The van der Waals surface area contributed by atoms with Crippen LogP contribution in [0, 0.1) is 0 Å². The van der Waals surface area contributed by atoms with Gasteiger partial charge in [0.25, 0.3) is 5.91 Å². The minimum absolute atomic E-state index is 0.0763. The molecule has 132 valence electrons. The van der Waals surface area contributed by atoms with E-state index in [-0.39, 0.29) is 5.91 Å². The zero-order valence-corrected chi connectivity index (χ0v) is 15.5. The van der Waals surface area contributed by atoms with E-state index in [1.807, 2.05) is 43.1 Å². The number of anilines is 2. The predicted molar refractivity (Wildman–Crippen MR) is 102 cm³/mol. The number of piperazine rings is 1. The number of rotatable bonds is 3. The van der Waals surface area contributed by atoms with E-state index in [0.717, 1.165) is 54.8 Å². The van der Waals surface area contributed by atoms with E-state index >= 15 is 0 Å². The molecule has 6 nitrogen and oxygen atoms in total. The third-order valence-corrected chi connectivity index (χ3v) is 5.91. The molecule has 2 aromatic rings. The highest BCUT2D eigenvalue weighted by atomic mass is 32.2. The smallest absolute Gasteiger partial charge is 0.256 e. The Balaban J connectivity index is 1.46. The second kappa shape index (κ2) is 6.72. The van der Waals surface area contributed by atoms with Crippen molar-refractivity contribution in [2.45, 2.75) is 11.5 Å². The fourth-order valence-corrected chi connectivity index (χ4v) is 4.40. The number of fused-ring (bicyclic) bond motifs is 1. The summed E-state index contributed by atoms with van der Waals surface area (Å²) in [5.74, 6) is 2.60. The zero-order chi connectivity index (χ0) is 17.4. The standard InChI is InChI=1S/C18H23N5OS/c1-21-7-9-23(10-8-21)14-5-3-13(4-6-14)18(24)19-17-15-11-25-12-16(15)20-22(17)2/h3-6H,7-12H2,1-2H3,(H,19,24). The van der Waals surface area contributed by atoms with E-state index in [1.165, 1.54) is 5.69 Å². The number of benzene rings is 1. The van der Waals surface area contributed by atoms with Gasteiger partial charge in [-0.3, -0.25) is 9.48 Å². The SMILES string of the molecule is CN1CCN(c2ccc(C(=O)Nc3c4c(nn3C)CSC4)cc2)CC1. The number of carbonyl (C=O) groups excluding carboxylic acids is 1. The van der Waals surface area contributed by atoms with E-state index in [1.54, 1.807) is 4.68 Å². The highest BCUT2D eigenvalue weighted by Crippen LogP contribution is 2.34. The second-order valence-corrected chi connectivity index (χ2v) is 7.67. The van der Waals surface area contributed by atoms with Crippen LogP contribution < -0.4 is 10.2 Å². The molecule has 1 amide bonds. The van der Waals surface area contributed by atoms with Crippen molar-refractivity contribution in [3.63, 3.8) is 0 Å². The molecule has 1 aromatic heterocycles. The number of hydrogen-bond acceptors (Lipinski definition) is 5. The second-order valence-electron chi connectivity index (χ2n) is 6.68. The molecule has 0 atom stereocenters. The van der Waals surface area contributed by atoms with Crippen LogP contribution in [0.1, 0.15) is 21.6 Å². The molecule has 1 fully saturated rings. The normalized spacial score (nSPS) is 17.6. The largest absolute Gasteiger partial charge is 0.369 e. The van der Waals surface area contributed by atoms with Crippen molar-refractivity contribution in [1.82, 2.24) is 14.7 Å². The van der Waals surface area contributed by atoms with E-state index in [9.17, 15) is 4.79 Å². The van der Waals surface area contributed by atoms with Crippen LogP contribution in [-0.4, -0.2) is 53.8 Å². The Kier molecular flexibility index (Phi) is 4.43. The van der Waals surface area contributed by atoms with E-state index in [2.05, 4.69) is 27.3 Å². The maximum atomic E-state index is 12.6. The highest BCUT2D eigenvalue weighted by molar-refractivity contribution is 7.98. The molecule has 3 heterocycles. The van der Waals surface area contributed by atoms with Crippen molar-refractivity contribution in [3.8, 4) is 0 Å². The number of aromatic nitrogens is 2. The molecule has 0 saturated carbocycles. The van der Waals surface area contributed by atoms with Gasteiger partial charge in [-0.25, -0.2) is 0 Å². The van der Waals surface area contributed by atoms with Crippen LogP contribution in [-0.2, 0) is 18.6 Å². The summed E-state index contributed by atoms with van der Waals surface area (Å²) in [5.41, 5.74) is 4.11. The lowest BCUT2D eigenvalue weighted by molar-refractivity contribution is 0.102. The van der Waals surface area contributed by atoms with Gasteiger partial charge < -0.3 is 15.1 Å². The van der Waals surface area contributed by atoms with Crippen molar-refractivity contribution < 1.29 is 4.79 Å². The molecule has 1 aromatic carbocycles. The Bertz CT molecular complexity index is 778. The van der Waals surface area contributed by atoms with Crippen LogP contribution in [0.4, 0.5) is 11.5 Å². The van der Waals surface area contributed by atoms with E-state index in [4.69, 9.17) is 0 Å². The van der Waals surface area contributed by atoms with Gasteiger partial charge >= 0.3 is 0 Å². The molecule has 0 radical (unpaired) electrons. The zero-order valence-electron chi connectivity index (χ0n) is 14.7. The van der Waals surface area contributed by atoms with Gasteiger partial charge in [-0.2, -0.15) is 16.9 Å². The summed E-state index contributed by atoms with van der Waals surface area (Å²) in [5, 5.41) is 7.53. The van der Waals surface area contributed by atoms with Crippen molar-refractivity contribution >= 4 is 29.2 Å². The number of amides is 1. The van der Waals surface area contributed by atoms with Crippen molar-refractivity contribution in [2.75, 3.05) is 43.4 Å². The topological polar surface area (TPSA) is 53.4 Å². The summed E-state index contributed by atoms with van der Waals surface area (Å²) in [4.78, 5) is 17.3. The first-order valence-electron chi connectivity index (χ1n) is 8.59. The summed E-state index contributed by atoms with van der Waals surface area (Å²) in [6, 6.07) is 7.91. The van der Waals surface area contributed by atoms with Gasteiger partial charge in [0.15, 0.2) is 0 Å². The fraction of sp³-hybridized carbons (Fsp3) is 0.444. The number of likely N-dealkylation sites (N-methyl/N-ethyl adjacent to an activating group) is 1. The lowest BCUT2D eigenvalue weighted by Gasteiger charge is -2.34. The third-order valence-electron chi connectivity index (χ3n) is 4.94. The van der Waals surface area contributed by atoms with Crippen LogP contribution in [0.2, 0.25) is 0 Å².